The number of anilines is 1. The van der Waals surface area contributed by atoms with Crippen molar-refractivity contribution in [3.63, 3.8) is 0 Å². The summed E-state index contributed by atoms with van der Waals surface area (Å²) in [7, 11) is 0. The first-order valence-electron chi connectivity index (χ1n) is 7.55. The van der Waals surface area contributed by atoms with Crippen LogP contribution in [0.3, 0.4) is 0 Å². The Hall–Kier alpha value is -2.55. The number of carbonyl (C=O) groups is 1. The van der Waals surface area contributed by atoms with E-state index in [9.17, 15) is 22.4 Å². The highest BCUT2D eigenvalue weighted by atomic mass is 32.2. The Labute approximate surface area is 150 Å². The molecule has 0 aliphatic carbocycles. The number of fused-ring (bicyclic) bond motifs is 1. The first-order valence-corrected chi connectivity index (χ1v) is 8.43. The third kappa shape index (κ3) is 3.52. The fraction of sp³-hybridized carbons (Fsp3) is 0.176. The lowest BCUT2D eigenvalue weighted by atomic mass is 10.3. The van der Waals surface area contributed by atoms with Crippen molar-refractivity contribution in [1.82, 2.24) is 9.55 Å². The van der Waals surface area contributed by atoms with E-state index in [0.717, 1.165) is 23.9 Å². The van der Waals surface area contributed by atoms with Gasteiger partial charge in [-0.1, -0.05) is 30.0 Å². The number of benzene rings is 2. The van der Waals surface area contributed by atoms with E-state index in [4.69, 9.17) is 0 Å². The zero-order valence-electron chi connectivity index (χ0n) is 13.4. The largest absolute Gasteiger partial charge is 0.321 e. The standard InChI is InChI=1S/C17H13F4N3OS/c1-9(15(25)23-14-10(18)5-4-6-11(14)19)26-17-22-12-7-2-3-8-13(12)24(17)16(20)21/h2-9,16H,1H3,(H,23,25). The van der Waals surface area contributed by atoms with Crippen LogP contribution in [0.2, 0.25) is 0 Å². The minimum Gasteiger partial charge on any atom is -0.320 e. The molecule has 0 fully saturated rings. The maximum Gasteiger partial charge on any atom is 0.321 e. The fourth-order valence-corrected chi connectivity index (χ4v) is 3.27. The Morgan fingerprint density at radius 3 is 2.42 bits per heavy atom. The molecule has 26 heavy (non-hydrogen) atoms. The summed E-state index contributed by atoms with van der Waals surface area (Å²) in [6, 6.07) is 9.53. The molecule has 3 aromatic rings. The molecule has 1 unspecified atom stereocenters. The number of para-hydroxylation sites is 3. The predicted octanol–water partition coefficient (Wildman–Crippen LogP) is 4.83. The number of imidazole rings is 1. The molecule has 1 aromatic heterocycles. The molecule has 0 spiro atoms. The Morgan fingerprint density at radius 1 is 1.12 bits per heavy atom. The van der Waals surface area contributed by atoms with Gasteiger partial charge in [-0.25, -0.2) is 13.8 Å². The number of nitrogens with zero attached hydrogens (tertiary/aromatic N) is 2. The van der Waals surface area contributed by atoms with Crippen LogP contribution in [0.15, 0.2) is 47.6 Å². The number of aromatic nitrogens is 2. The Balaban J connectivity index is 1.84. The van der Waals surface area contributed by atoms with Crippen molar-refractivity contribution >= 4 is 34.4 Å². The van der Waals surface area contributed by atoms with E-state index < -0.39 is 35.0 Å². The number of halogens is 4. The molecule has 0 saturated carbocycles. The van der Waals surface area contributed by atoms with E-state index in [-0.39, 0.29) is 10.7 Å². The summed E-state index contributed by atoms with van der Waals surface area (Å²) in [4.78, 5) is 16.3. The summed E-state index contributed by atoms with van der Waals surface area (Å²) in [6.45, 7) is -1.40. The summed E-state index contributed by atoms with van der Waals surface area (Å²) < 4.78 is 54.8. The number of rotatable bonds is 5. The lowest BCUT2D eigenvalue weighted by molar-refractivity contribution is -0.115. The van der Waals surface area contributed by atoms with Gasteiger partial charge in [0.15, 0.2) is 5.16 Å². The summed E-state index contributed by atoms with van der Waals surface area (Å²) in [5, 5.41) is 1.18. The van der Waals surface area contributed by atoms with Gasteiger partial charge >= 0.3 is 6.55 Å². The number of hydrogen-bond donors (Lipinski definition) is 1. The van der Waals surface area contributed by atoms with E-state index in [1.807, 2.05) is 0 Å². The molecule has 9 heteroatoms. The minimum atomic E-state index is -2.84. The van der Waals surface area contributed by atoms with Crippen molar-refractivity contribution in [2.24, 2.45) is 0 Å². The summed E-state index contributed by atoms with van der Waals surface area (Å²) in [5.74, 6) is -2.57. The van der Waals surface area contributed by atoms with Gasteiger partial charge in [-0.2, -0.15) is 8.78 Å². The average molecular weight is 383 g/mol. The highest BCUT2D eigenvalue weighted by Gasteiger charge is 2.24. The van der Waals surface area contributed by atoms with Crippen molar-refractivity contribution in [3.8, 4) is 0 Å². The zero-order valence-corrected chi connectivity index (χ0v) is 14.2. The molecule has 136 valence electrons. The van der Waals surface area contributed by atoms with E-state index in [0.29, 0.717) is 10.1 Å². The van der Waals surface area contributed by atoms with Crippen molar-refractivity contribution in [2.75, 3.05) is 5.32 Å². The van der Waals surface area contributed by atoms with Gasteiger partial charge in [-0.3, -0.25) is 9.36 Å². The van der Waals surface area contributed by atoms with Gasteiger partial charge in [-0.15, -0.1) is 0 Å². The first kappa shape index (κ1) is 18.2. The Kier molecular flexibility index (Phi) is 5.17. The fourth-order valence-electron chi connectivity index (χ4n) is 2.35. The normalized spacial score (nSPS) is 12.5. The molecule has 2 aromatic carbocycles. The van der Waals surface area contributed by atoms with Crippen molar-refractivity contribution < 1.29 is 22.4 Å². The molecule has 1 heterocycles. The van der Waals surface area contributed by atoms with Crippen molar-refractivity contribution in [1.29, 1.82) is 0 Å². The van der Waals surface area contributed by atoms with Crippen LogP contribution in [-0.2, 0) is 4.79 Å². The van der Waals surface area contributed by atoms with E-state index in [1.165, 1.54) is 19.1 Å². The van der Waals surface area contributed by atoms with Gasteiger partial charge in [0, 0.05) is 0 Å². The topological polar surface area (TPSA) is 46.9 Å². The zero-order chi connectivity index (χ0) is 18.8. The average Bonchev–Trinajstić information content (AvgIpc) is 2.96. The van der Waals surface area contributed by atoms with Gasteiger partial charge in [-0.05, 0) is 31.2 Å². The third-order valence-corrected chi connectivity index (χ3v) is 4.69. The number of hydrogen-bond acceptors (Lipinski definition) is 3. The van der Waals surface area contributed by atoms with Gasteiger partial charge in [0.2, 0.25) is 5.91 Å². The monoisotopic (exact) mass is 383 g/mol. The Bertz CT molecular complexity index is 940. The molecule has 0 aliphatic heterocycles. The summed E-state index contributed by atoms with van der Waals surface area (Å²) in [6.07, 6.45) is 0. The molecule has 3 rings (SSSR count). The van der Waals surface area contributed by atoms with Gasteiger partial charge in [0.1, 0.15) is 17.3 Å². The van der Waals surface area contributed by atoms with Crippen LogP contribution in [-0.4, -0.2) is 20.7 Å². The lowest BCUT2D eigenvalue weighted by Gasteiger charge is -2.13. The maximum atomic E-state index is 13.6. The summed E-state index contributed by atoms with van der Waals surface area (Å²) in [5.41, 5.74) is 0.0214. The van der Waals surface area contributed by atoms with Crippen LogP contribution in [0.25, 0.3) is 11.0 Å². The highest BCUT2D eigenvalue weighted by molar-refractivity contribution is 8.00. The van der Waals surface area contributed by atoms with Crippen LogP contribution in [0.4, 0.5) is 23.2 Å². The van der Waals surface area contributed by atoms with E-state index in [2.05, 4.69) is 10.3 Å². The predicted molar refractivity (Wildman–Crippen MR) is 91.3 cm³/mol. The molecule has 0 aliphatic rings. The molecular formula is C17H13F4N3OS. The molecular weight excluding hydrogens is 370 g/mol. The van der Waals surface area contributed by atoms with Gasteiger partial charge < -0.3 is 5.32 Å². The van der Waals surface area contributed by atoms with Crippen LogP contribution >= 0.6 is 11.8 Å². The molecule has 0 bridgehead atoms. The smallest absolute Gasteiger partial charge is 0.320 e. The van der Waals surface area contributed by atoms with Gasteiger partial charge in [0.25, 0.3) is 0 Å². The SMILES string of the molecule is CC(Sc1nc2ccccc2n1C(F)F)C(=O)Nc1c(F)cccc1F. The number of amides is 1. The second kappa shape index (κ2) is 7.36. The van der Waals surface area contributed by atoms with Gasteiger partial charge in [0.05, 0.1) is 16.3 Å². The van der Waals surface area contributed by atoms with Crippen LogP contribution in [0.1, 0.15) is 13.5 Å². The lowest BCUT2D eigenvalue weighted by Crippen LogP contribution is -2.24. The third-order valence-electron chi connectivity index (χ3n) is 3.62. The second-order valence-electron chi connectivity index (χ2n) is 5.38. The molecule has 0 saturated heterocycles. The van der Waals surface area contributed by atoms with Crippen molar-refractivity contribution in [3.05, 3.63) is 54.1 Å². The summed E-state index contributed by atoms with van der Waals surface area (Å²) >= 11 is 0.778. The minimum absolute atomic E-state index is 0.0575. The molecule has 4 nitrogen and oxygen atoms in total. The maximum absolute atomic E-state index is 13.6. The van der Waals surface area contributed by atoms with Crippen LogP contribution in [0, 0.1) is 11.6 Å². The van der Waals surface area contributed by atoms with E-state index in [1.54, 1.807) is 18.2 Å². The van der Waals surface area contributed by atoms with Crippen molar-refractivity contribution in [2.45, 2.75) is 23.9 Å². The quantitative estimate of drug-likeness (QED) is 0.507. The van der Waals surface area contributed by atoms with Crippen LogP contribution < -0.4 is 5.32 Å². The number of carbonyl (C=O) groups excluding carboxylic acids is 1. The molecule has 1 amide bonds. The number of nitrogens with one attached hydrogen (secondary N) is 1. The first-order chi connectivity index (χ1) is 12.4. The number of alkyl halides is 2. The molecule has 1 atom stereocenters. The number of thioether (sulfide) groups is 1. The highest BCUT2D eigenvalue weighted by Crippen LogP contribution is 2.32. The second-order valence-corrected chi connectivity index (χ2v) is 6.68. The molecule has 0 radical (unpaired) electrons. The van der Waals surface area contributed by atoms with Crippen LogP contribution in [0.5, 0.6) is 0 Å². The Morgan fingerprint density at radius 2 is 1.77 bits per heavy atom. The van der Waals surface area contributed by atoms with E-state index >= 15 is 0 Å². The molecule has 1 N–H and O–H groups in total.